The maximum Gasteiger partial charge on any atom is 0.323 e. The number of fused-ring (bicyclic) bond motifs is 1. The summed E-state index contributed by atoms with van der Waals surface area (Å²) in [6.45, 7) is 5.82. The lowest BCUT2D eigenvalue weighted by Crippen LogP contribution is -2.41. The molecule has 1 N–H and O–H groups in total. The molecule has 0 bridgehead atoms. The Balaban J connectivity index is 2.02. The van der Waals surface area contributed by atoms with E-state index in [1.807, 2.05) is 13.8 Å². The fourth-order valence-corrected chi connectivity index (χ4v) is 2.68. The van der Waals surface area contributed by atoms with Gasteiger partial charge in [-0.05, 0) is 29.5 Å². The zero-order valence-electron chi connectivity index (χ0n) is 12.8. The molecule has 0 spiro atoms. The van der Waals surface area contributed by atoms with E-state index in [4.69, 9.17) is 4.74 Å². The fourth-order valence-electron chi connectivity index (χ4n) is 2.68. The number of esters is 1. The van der Waals surface area contributed by atoms with Crippen molar-refractivity contribution >= 4 is 11.7 Å². The van der Waals surface area contributed by atoms with E-state index in [1.165, 1.54) is 23.9 Å². The number of methoxy groups -OCH3 is 1. The van der Waals surface area contributed by atoms with Gasteiger partial charge in [0.15, 0.2) is 0 Å². The van der Waals surface area contributed by atoms with Crippen LogP contribution < -0.4 is 10.2 Å². The molecule has 0 aromatic heterocycles. The summed E-state index contributed by atoms with van der Waals surface area (Å²) in [7, 11) is 3.56. The molecule has 0 saturated carbocycles. The second-order valence-corrected chi connectivity index (χ2v) is 5.76. The molecule has 0 fully saturated rings. The average molecular weight is 276 g/mol. The molecule has 1 aliphatic rings. The smallest absolute Gasteiger partial charge is 0.323 e. The van der Waals surface area contributed by atoms with E-state index < -0.39 is 0 Å². The van der Waals surface area contributed by atoms with E-state index in [0.717, 1.165) is 13.0 Å². The molecule has 4 heteroatoms. The Labute approximate surface area is 121 Å². The van der Waals surface area contributed by atoms with Gasteiger partial charge in [-0.15, -0.1) is 0 Å². The Morgan fingerprint density at radius 2 is 2.20 bits per heavy atom. The number of carbonyl (C=O) groups is 1. The molecule has 1 aromatic carbocycles. The van der Waals surface area contributed by atoms with Crippen LogP contribution in [0.4, 0.5) is 5.69 Å². The second kappa shape index (κ2) is 6.27. The van der Waals surface area contributed by atoms with Crippen molar-refractivity contribution in [3.63, 3.8) is 0 Å². The zero-order valence-corrected chi connectivity index (χ0v) is 12.8. The topological polar surface area (TPSA) is 41.6 Å². The highest BCUT2D eigenvalue weighted by atomic mass is 16.5. The molecule has 2 rings (SSSR count). The van der Waals surface area contributed by atoms with Crippen molar-refractivity contribution in [1.29, 1.82) is 0 Å². The van der Waals surface area contributed by atoms with Gasteiger partial charge in [0.05, 0.1) is 7.11 Å². The van der Waals surface area contributed by atoms with E-state index >= 15 is 0 Å². The van der Waals surface area contributed by atoms with Crippen LogP contribution >= 0.6 is 0 Å². The highest BCUT2D eigenvalue weighted by Crippen LogP contribution is 2.27. The normalized spacial score (nSPS) is 15.3. The van der Waals surface area contributed by atoms with Crippen LogP contribution in [0.5, 0.6) is 0 Å². The first-order chi connectivity index (χ1) is 9.52. The Kier molecular flexibility index (Phi) is 4.65. The molecule has 1 aliphatic heterocycles. The molecule has 0 saturated heterocycles. The van der Waals surface area contributed by atoms with Gasteiger partial charge in [0.1, 0.15) is 6.04 Å². The minimum absolute atomic E-state index is 0.194. The molecule has 4 nitrogen and oxygen atoms in total. The number of hydrogen-bond acceptors (Lipinski definition) is 4. The Morgan fingerprint density at radius 3 is 2.85 bits per heavy atom. The fraction of sp³-hybridized carbons (Fsp3) is 0.562. The third-order valence-corrected chi connectivity index (χ3v) is 3.92. The van der Waals surface area contributed by atoms with Crippen LogP contribution in [0.1, 0.15) is 25.0 Å². The number of nitrogens with zero attached hydrogens (tertiary/aromatic N) is 1. The van der Waals surface area contributed by atoms with Gasteiger partial charge in [-0.1, -0.05) is 26.0 Å². The van der Waals surface area contributed by atoms with Crippen molar-refractivity contribution < 1.29 is 9.53 Å². The number of rotatable bonds is 5. The van der Waals surface area contributed by atoms with Crippen molar-refractivity contribution in [2.24, 2.45) is 5.92 Å². The van der Waals surface area contributed by atoms with Crippen molar-refractivity contribution in [3.8, 4) is 0 Å². The minimum Gasteiger partial charge on any atom is -0.468 e. The van der Waals surface area contributed by atoms with E-state index in [9.17, 15) is 4.79 Å². The standard InChI is InChI=1S/C16H24N2O2/c1-11(2)15(16(19)20-4)17-10-12-5-6-14-13(9-12)7-8-18(14)3/h5-6,9,11,15,17H,7-8,10H2,1-4H3. The Bertz CT molecular complexity index is 485. The molecule has 0 radical (unpaired) electrons. The maximum absolute atomic E-state index is 11.7. The highest BCUT2D eigenvalue weighted by molar-refractivity contribution is 5.75. The molecule has 0 aliphatic carbocycles. The lowest BCUT2D eigenvalue weighted by molar-refractivity contribution is -0.144. The van der Waals surface area contributed by atoms with Gasteiger partial charge in [0, 0.05) is 25.8 Å². The lowest BCUT2D eigenvalue weighted by atomic mass is 10.0. The number of likely N-dealkylation sites (N-methyl/N-ethyl adjacent to an activating group) is 1. The molecular formula is C16H24N2O2. The zero-order chi connectivity index (χ0) is 14.7. The molecule has 1 unspecified atom stereocenters. The molecule has 0 amide bonds. The summed E-state index contributed by atoms with van der Waals surface area (Å²) in [6, 6.07) is 6.28. The Morgan fingerprint density at radius 1 is 1.45 bits per heavy atom. The first-order valence-electron chi connectivity index (χ1n) is 7.17. The predicted molar refractivity (Wildman–Crippen MR) is 80.9 cm³/mol. The van der Waals surface area contributed by atoms with Gasteiger partial charge in [-0.2, -0.15) is 0 Å². The van der Waals surface area contributed by atoms with Crippen LogP contribution in [0.15, 0.2) is 18.2 Å². The molecule has 110 valence electrons. The van der Waals surface area contributed by atoms with Crippen LogP contribution in [0.3, 0.4) is 0 Å². The van der Waals surface area contributed by atoms with Gasteiger partial charge in [-0.25, -0.2) is 0 Å². The highest BCUT2D eigenvalue weighted by Gasteiger charge is 2.22. The summed E-state index contributed by atoms with van der Waals surface area (Å²) in [5, 5.41) is 3.30. The summed E-state index contributed by atoms with van der Waals surface area (Å²) < 4.78 is 4.84. The number of anilines is 1. The maximum atomic E-state index is 11.7. The molecule has 1 atom stereocenters. The van der Waals surface area contributed by atoms with Gasteiger partial charge in [0.2, 0.25) is 0 Å². The molecule has 1 aromatic rings. The van der Waals surface area contributed by atoms with E-state index in [-0.39, 0.29) is 17.9 Å². The van der Waals surface area contributed by atoms with Crippen LogP contribution in [0.25, 0.3) is 0 Å². The van der Waals surface area contributed by atoms with Crippen LogP contribution in [-0.2, 0) is 22.5 Å². The van der Waals surface area contributed by atoms with Crippen molar-refractivity contribution in [2.45, 2.75) is 32.9 Å². The van der Waals surface area contributed by atoms with Gasteiger partial charge < -0.3 is 15.0 Å². The number of carbonyl (C=O) groups excluding carboxylic acids is 1. The SMILES string of the molecule is COC(=O)C(NCc1ccc2c(c1)CCN2C)C(C)C. The number of hydrogen-bond donors (Lipinski definition) is 1. The van der Waals surface area contributed by atoms with Gasteiger partial charge >= 0.3 is 5.97 Å². The van der Waals surface area contributed by atoms with Crippen molar-refractivity contribution in [3.05, 3.63) is 29.3 Å². The second-order valence-electron chi connectivity index (χ2n) is 5.76. The third kappa shape index (κ3) is 3.12. The van der Waals surface area contributed by atoms with E-state index in [1.54, 1.807) is 0 Å². The van der Waals surface area contributed by atoms with Gasteiger partial charge in [-0.3, -0.25) is 4.79 Å². The first kappa shape index (κ1) is 14.9. The summed E-state index contributed by atoms with van der Waals surface area (Å²) in [4.78, 5) is 14.0. The minimum atomic E-state index is -0.254. The van der Waals surface area contributed by atoms with Crippen molar-refractivity contribution in [2.75, 3.05) is 25.6 Å². The predicted octanol–water partition coefficient (Wildman–Crippen LogP) is 1.97. The average Bonchev–Trinajstić information content (AvgIpc) is 2.79. The summed E-state index contributed by atoms with van der Waals surface area (Å²) in [5.74, 6) is 0.0175. The summed E-state index contributed by atoms with van der Waals surface area (Å²) in [5.41, 5.74) is 3.93. The number of benzene rings is 1. The Hall–Kier alpha value is -1.55. The van der Waals surface area contributed by atoms with Gasteiger partial charge in [0.25, 0.3) is 0 Å². The summed E-state index contributed by atoms with van der Waals surface area (Å²) >= 11 is 0. The quantitative estimate of drug-likeness (QED) is 0.835. The number of ether oxygens (including phenoxy) is 1. The largest absolute Gasteiger partial charge is 0.468 e. The number of nitrogens with one attached hydrogen (secondary N) is 1. The lowest BCUT2D eigenvalue weighted by Gasteiger charge is -2.20. The third-order valence-electron chi connectivity index (χ3n) is 3.92. The van der Waals surface area contributed by atoms with E-state index in [0.29, 0.717) is 6.54 Å². The monoisotopic (exact) mass is 276 g/mol. The van der Waals surface area contributed by atoms with Crippen LogP contribution in [-0.4, -0.2) is 32.7 Å². The van der Waals surface area contributed by atoms with Crippen molar-refractivity contribution in [1.82, 2.24) is 5.32 Å². The summed E-state index contributed by atoms with van der Waals surface area (Å²) in [6.07, 6.45) is 1.10. The molecule has 20 heavy (non-hydrogen) atoms. The molecular weight excluding hydrogens is 252 g/mol. The first-order valence-corrected chi connectivity index (χ1v) is 7.17. The van der Waals surface area contributed by atoms with Crippen LogP contribution in [0.2, 0.25) is 0 Å². The van der Waals surface area contributed by atoms with E-state index in [2.05, 4.69) is 35.5 Å². The molecule has 1 heterocycles. The van der Waals surface area contributed by atoms with Crippen LogP contribution in [0, 0.1) is 5.92 Å².